The minimum Gasteiger partial charge on any atom is -0.465 e. The molecule has 7 heteroatoms. The summed E-state index contributed by atoms with van der Waals surface area (Å²) in [6.07, 6.45) is 0. The Bertz CT molecular complexity index is 476. The number of ether oxygens (including phenoxy) is 1. The average Bonchev–Trinajstić information content (AvgIpc) is 2.35. The molecule has 0 atom stereocenters. The van der Waals surface area contributed by atoms with Gasteiger partial charge in [0.05, 0.1) is 11.5 Å². The van der Waals surface area contributed by atoms with Gasteiger partial charge in [-0.15, -0.1) is 0 Å². The number of nitrogens with zero attached hydrogens (tertiary/aromatic N) is 3. The molecule has 1 rings (SSSR count). The standard InChI is InChI=1S/C12H17N3O4/c1-4-14(8-12(16)19-5-2)11-7-6-10(15(17)18)9(3)13-11/h6-7H,4-5,8H2,1-3H3. The molecule has 1 heterocycles. The summed E-state index contributed by atoms with van der Waals surface area (Å²) < 4.78 is 4.87. The van der Waals surface area contributed by atoms with Gasteiger partial charge in [-0.2, -0.15) is 0 Å². The van der Waals surface area contributed by atoms with E-state index in [0.29, 0.717) is 24.7 Å². The van der Waals surface area contributed by atoms with Gasteiger partial charge in [0.1, 0.15) is 18.1 Å². The van der Waals surface area contributed by atoms with Gasteiger partial charge in [-0.25, -0.2) is 4.98 Å². The van der Waals surface area contributed by atoms with Gasteiger partial charge in [0, 0.05) is 12.6 Å². The van der Waals surface area contributed by atoms with E-state index in [1.807, 2.05) is 6.92 Å². The highest BCUT2D eigenvalue weighted by molar-refractivity contribution is 5.75. The molecule has 0 spiro atoms. The lowest BCUT2D eigenvalue weighted by Gasteiger charge is -2.20. The molecule has 0 N–H and O–H groups in total. The van der Waals surface area contributed by atoms with Gasteiger partial charge in [-0.05, 0) is 26.8 Å². The Morgan fingerprint density at radius 2 is 2.16 bits per heavy atom. The number of anilines is 1. The van der Waals surface area contributed by atoms with Crippen molar-refractivity contribution >= 4 is 17.5 Å². The molecular formula is C12H17N3O4. The Morgan fingerprint density at radius 3 is 2.63 bits per heavy atom. The van der Waals surface area contributed by atoms with E-state index in [9.17, 15) is 14.9 Å². The lowest BCUT2D eigenvalue weighted by atomic mass is 10.3. The number of rotatable bonds is 6. The summed E-state index contributed by atoms with van der Waals surface area (Å²) in [6.45, 7) is 6.14. The molecule has 0 fully saturated rings. The van der Waals surface area contributed by atoms with Crippen LogP contribution in [0.2, 0.25) is 0 Å². The molecule has 104 valence electrons. The zero-order valence-electron chi connectivity index (χ0n) is 11.3. The zero-order chi connectivity index (χ0) is 14.4. The number of aryl methyl sites for hydroxylation is 1. The van der Waals surface area contributed by atoms with Crippen molar-refractivity contribution in [3.63, 3.8) is 0 Å². The van der Waals surface area contributed by atoms with E-state index in [4.69, 9.17) is 4.74 Å². The normalized spacial score (nSPS) is 10.1. The Balaban J connectivity index is 2.90. The average molecular weight is 267 g/mol. The molecular weight excluding hydrogens is 250 g/mol. The quantitative estimate of drug-likeness (QED) is 0.443. The van der Waals surface area contributed by atoms with Crippen LogP contribution in [0.4, 0.5) is 11.5 Å². The maximum absolute atomic E-state index is 11.4. The second kappa shape index (κ2) is 6.67. The number of hydrogen-bond donors (Lipinski definition) is 0. The zero-order valence-corrected chi connectivity index (χ0v) is 11.3. The lowest BCUT2D eigenvalue weighted by molar-refractivity contribution is -0.385. The Hall–Kier alpha value is -2.18. The highest BCUT2D eigenvalue weighted by Crippen LogP contribution is 2.20. The van der Waals surface area contributed by atoms with E-state index in [1.165, 1.54) is 12.1 Å². The maximum Gasteiger partial charge on any atom is 0.325 e. The second-order valence-corrected chi connectivity index (χ2v) is 3.85. The van der Waals surface area contributed by atoms with Crippen molar-refractivity contribution in [3.05, 3.63) is 27.9 Å². The minimum atomic E-state index is -0.478. The Morgan fingerprint density at radius 1 is 1.47 bits per heavy atom. The van der Waals surface area contributed by atoms with Crippen molar-refractivity contribution in [2.45, 2.75) is 20.8 Å². The van der Waals surface area contributed by atoms with E-state index in [0.717, 1.165) is 0 Å². The van der Waals surface area contributed by atoms with E-state index < -0.39 is 4.92 Å². The highest BCUT2D eigenvalue weighted by Gasteiger charge is 2.16. The molecule has 0 aliphatic rings. The first-order valence-electron chi connectivity index (χ1n) is 6.02. The smallest absolute Gasteiger partial charge is 0.325 e. The number of nitro groups is 1. The van der Waals surface area contributed by atoms with Crippen LogP contribution in [-0.2, 0) is 9.53 Å². The van der Waals surface area contributed by atoms with Crippen LogP contribution in [-0.4, -0.2) is 35.6 Å². The molecule has 0 aliphatic carbocycles. The van der Waals surface area contributed by atoms with E-state index in [1.54, 1.807) is 18.7 Å². The molecule has 7 nitrogen and oxygen atoms in total. The third-order valence-electron chi connectivity index (χ3n) is 2.57. The van der Waals surface area contributed by atoms with Crippen LogP contribution in [0, 0.1) is 17.0 Å². The number of carbonyl (C=O) groups is 1. The molecule has 0 aromatic carbocycles. The van der Waals surface area contributed by atoms with Gasteiger partial charge in [0.2, 0.25) is 0 Å². The van der Waals surface area contributed by atoms with Crippen LogP contribution in [0.1, 0.15) is 19.5 Å². The van der Waals surface area contributed by atoms with Crippen molar-refractivity contribution in [3.8, 4) is 0 Å². The summed E-state index contributed by atoms with van der Waals surface area (Å²) in [5.41, 5.74) is 0.292. The highest BCUT2D eigenvalue weighted by atomic mass is 16.6. The fraction of sp³-hybridized carbons (Fsp3) is 0.500. The number of esters is 1. The third-order valence-corrected chi connectivity index (χ3v) is 2.57. The Labute approximate surface area is 111 Å². The van der Waals surface area contributed by atoms with Crippen molar-refractivity contribution in [2.75, 3.05) is 24.6 Å². The Kier molecular flexibility index (Phi) is 5.23. The first-order chi connectivity index (χ1) is 8.99. The summed E-state index contributed by atoms with van der Waals surface area (Å²) in [5, 5.41) is 10.7. The molecule has 1 aromatic heterocycles. The van der Waals surface area contributed by atoms with Crippen LogP contribution in [0.3, 0.4) is 0 Å². The van der Waals surface area contributed by atoms with Crippen LogP contribution in [0.5, 0.6) is 0 Å². The van der Waals surface area contributed by atoms with E-state index in [2.05, 4.69) is 4.98 Å². The SMILES string of the molecule is CCOC(=O)CN(CC)c1ccc([N+](=O)[O-])c(C)n1. The fourth-order valence-electron chi connectivity index (χ4n) is 1.63. The monoisotopic (exact) mass is 267 g/mol. The number of carbonyl (C=O) groups excluding carboxylic acids is 1. The van der Waals surface area contributed by atoms with Crippen molar-refractivity contribution < 1.29 is 14.5 Å². The maximum atomic E-state index is 11.4. The van der Waals surface area contributed by atoms with Gasteiger partial charge < -0.3 is 9.64 Å². The van der Waals surface area contributed by atoms with E-state index >= 15 is 0 Å². The van der Waals surface area contributed by atoms with Gasteiger partial charge in [-0.3, -0.25) is 14.9 Å². The van der Waals surface area contributed by atoms with Gasteiger partial charge in [0.15, 0.2) is 0 Å². The van der Waals surface area contributed by atoms with Crippen molar-refractivity contribution in [1.82, 2.24) is 4.98 Å². The fourth-order valence-corrected chi connectivity index (χ4v) is 1.63. The molecule has 0 aliphatic heterocycles. The summed E-state index contributed by atoms with van der Waals surface area (Å²) >= 11 is 0. The minimum absolute atomic E-state index is 0.0315. The summed E-state index contributed by atoms with van der Waals surface area (Å²) in [7, 11) is 0. The van der Waals surface area contributed by atoms with Crippen molar-refractivity contribution in [2.24, 2.45) is 0 Å². The molecule has 0 bridgehead atoms. The lowest BCUT2D eigenvalue weighted by Crippen LogP contribution is -2.31. The molecule has 1 aromatic rings. The topological polar surface area (TPSA) is 85.6 Å². The van der Waals surface area contributed by atoms with Gasteiger partial charge in [0.25, 0.3) is 5.69 Å². The summed E-state index contributed by atoms with van der Waals surface area (Å²) in [6, 6.07) is 2.93. The first kappa shape index (κ1) is 14.9. The number of hydrogen-bond acceptors (Lipinski definition) is 6. The third kappa shape index (κ3) is 3.90. The first-order valence-corrected chi connectivity index (χ1v) is 6.02. The van der Waals surface area contributed by atoms with E-state index in [-0.39, 0.29) is 18.2 Å². The predicted octanol–water partition coefficient (Wildman–Crippen LogP) is 1.69. The number of likely N-dealkylation sites (N-methyl/N-ethyl adjacent to an activating group) is 1. The largest absolute Gasteiger partial charge is 0.465 e. The molecule has 0 amide bonds. The van der Waals surface area contributed by atoms with Crippen LogP contribution in [0.25, 0.3) is 0 Å². The molecule has 0 unspecified atom stereocenters. The van der Waals surface area contributed by atoms with Crippen molar-refractivity contribution in [1.29, 1.82) is 0 Å². The number of aromatic nitrogens is 1. The summed E-state index contributed by atoms with van der Waals surface area (Å²) in [5.74, 6) is 0.181. The summed E-state index contributed by atoms with van der Waals surface area (Å²) in [4.78, 5) is 27.5. The molecule has 0 saturated heterocycles. The van der Waals surface area contributed by atoms with Crippen LogP contribution >= 0.6 is 0 Å². The molecule has 0 radical (unpaired) electrons. The van der Waals surface area contributed by atoms with Gasteiger partial charge in [-0.1, -0.05) is 0 Å². The van der Waals surface area contributed by atoms with Crippen LogP contribution < -0.4 is 4.90 Å². The second-order valence-electron chi connectivity index (χ2n) is 3.85. The molecule has 0 saturated carbocycles. The number of pyridine rings is 1. The van der Waals surface area contributed by atoms with Gasteiger partial charge >= 0.3 is 5.97 Å². The van der Waals surface area contributed by atoms with Crippen LogP contribution in [0.15, 0.2) is 12.1 Å². The molecule has 19 heavy (non-hydrogen) atoms. The predicted molar refractivity (Wildman–Crippen MR) is 70.1 cm³/mol.